The third kappa shape index (κ3) is 4.96. The largest absolute Gasteiger partial charge is 0.496 e. The molecule has 27 heavy (non-hydrogen) atoms. The molecule has 0 unspecified atom stereocenters. The zero-order valence-electron chi connectivity index (χ0n) is 14.9. The molecule has 0 aromatic heterocycles. The van der Waals surface area contributed by atoms with Crippen molar-refractivity contribution in [1.82, 2.24) is 4.90 Å². The zero-order valence-corrected chi connectivity index (χ0v) is 15.6. The van der Waals surface area contributed by atoms with Crippen LogP contribution in [0.1, 0.15) is 18.4 Å². The Kier molecular flexibility index (Phi) is 5.93. The average molecular weight is 390 g/mol. The van der Waals surface area contributed by atoms with Crippen LogP contribution in [0.3, 0.4) is 0 Å². The van der Waals surface area contributed by atoms with E-state index in [1.807, 2.05) is 24.3 Å². The Morgan fingerprint density at radius 1 is 1.33 bits per heavy atom. The van der Waals surface area contributed by atoms with Crippen LogP contribution >= 0.6 is 11.6 Å². The summed E-state index contributed by atoms with van der Waals surface area (Å²) in [6.07, 6.45) is 2.06. The van der Waals surface area contributed by atoms with Gasteiger partial charge in [0.2, 0.25) is 5.91 Å². The fourth-order valence-corrected chi connectivity index (χ4v) is 3.11. The van der Waals surface area contributed by atoms with Crippen molar-refractivity contribution in [3.63, 3.8) is 0 Å². The van der Waals surface area contributed by atoms with E-state index in [1.165, 1.54) is 18.2 Å². The van der Waals surface area contributed by atoms with E-state index in [0.29, 0.717) is 12.6 Å². The molecule has 142 valence electrons. The standard InChI is InChI=1S/C19H20ClN3O4/c1-27-18-5-3-2-4-13(18)11-22(15-7-8-15)12-19(24)21-16-9-6-14(20)10-17(16)23(25)26/h2-6,9-10,15H,7-8,11-12H2,1H3,(H,21,24). The van der Waals surface area contributed by atoms with E-state index in [0.717, 1.165) is 24.2 Å². The lowest BCUT2D eigenvalue weighted by Gasteiger charge is -2.22. The van der Waals surface area contributed by atoms with Crippen LogP contribution in [0.25, 0.3) is 0 Å². The van der Waals surface area contributed by atoms with Gasteiger partial charge in [-0.1, -0.05) is 29.8 Å². The fraction of sp³-hybridized carbons (Fsp3) is 0.316. The van der Waals surface area contributed by atoms with Crippen molar-refractivity contribution < 1.29 is 14.5 Å². The smallest absolute Gasteiger partial charge is 0.294 e. The minimum absolute atomic E-state index is 0.141. The number of nitrogens with zero attached hydrogens (tertiary/aromatic N) is 2. The molecule has 1 fully saturated rings. The quantitative estimate of drug-likeness (QED) is 0.547. The maximum Gasteiger partial charge on any atom is 0.294 e. The van der Waals surface area contributed by atoms with Gasteiger partial charge >= 0.3 is 0 Å². The molecular formula is C19H20ClN3O4. The molecule has 1 amide bonds. The molecule has 0 bridgehead atoms. The molecule has 0 heterocycles. The topological polar surface area (TPSA) is 84.7 Å². The van der Waals surface area contributed by atoms with Gasteiger partial charge in [0.25, 0.3) is 5.69 Å². The minimum Gasteiger partial charge on any atom is -0.496 e. The molecule has 0 saturated heterocycles. The lowest BCUT2D eigenvalue weighted by atomic mass is 10.2. The number of halogens is 1. The Morgan fingerprint density at radius 3 is 2.74 bits per heavy atom. The summed E-state index contributed by atoms with van der Waals surface area (Å²) in [7, 11) is 1.62. The molecule has 3 rings (SSSR count). The van der Waals surface area contributed by atoms with Crippen LogP contribution in [0.4, 0.5) is 11.4 Å². The van der Waals surface area contributed by atoms with Crippen LogP contribution in [0.2, 0.25) is 5.02 Å². The van der Waals surface area contributed by atoms with Gasteiger partial charge in [0, 0.05) is 29.2 Å². The molecule has 1 saturated carbocycles. The van der Waals surface area contributed by atoms with E-state index >= 15 is 0 Å². The van der Waals surface area contributed by atoms with E-state index in [9.17, 15) is 14.9 Å². The number of hydrogen-bond acceptors (Lipinski definition) is 5. The van der Waals surface area contributed by atoms with Crippen LogP contribution in [0.15, 0.2) is 42.5 Å². The molecular weight excluding hydrogens is 370 g/mol. The Balaban J connectivity index is 1.71. The lowest BCUT2D eigenvalue weighted by molar-refractivity contribution is -0.383. The van der Waals surface area contributed by atoms with E-state index in [-0.39, 0.29) is 28.8 Å². The fourth-order valence-electron chi connectivity index (χ4n) is 2.94. The first-order valence-electron chi connectivity index (χ1n) is 8.57. The Morgan fingerprint density at radius 2 is 2.07 bits per heavy atom. The van der Waals surface area contributed by atoms with Crippen molar-refractivity contribution in [1.29, 1.82) is 0 Å². The molecule has 2 aromatic rings. The Hall–Kier alpha value is -2.64. The van der Waals surface area contributed by atoms with Crippen molar-refractivity contribution in [3.8, 4) is 5.75 Å². The highest BCUT2D eigenvalue weighted by molar-refractivity contribution is 6.31. The average Bonchev–Trinajstić information content (AvgIpc) is 3.48. The van der Waals surface area contributed by atoms with Crippen molar-refractivity contribution in [2.24, 2.45) is 0 Å². The summed E-state index contributed by atoms with van der Waals surface area (Å²) >= 11 is 5.81. The van der Waals surface area contributed by atoms with Crippen LogP contribution in [0, 0.1) is 10.1 Å². The third-order valence-electron chi connectivity index (χ3n) is 4.41. The summed E-state index contributed by atoms with van der Waals surface area (Å²) in [5.41, 5.74) is 0.915. The second-order valence-corrected chi connectivity index (χ2v) is 6.85. The monoisotopic (exact) mass is 389 g/mol. The summed E-state index contributed by atoms with van der Waals surface area (Å²) in [6, 6.07) is 12.2. The van der Waals surface area contributed by atoms with E-state index in [1.54, 1.807) is 7.11 Å². The number of anilines is 1. The van der Waals surface area contributed by atoms with Crippen molar-refractivity contribution in [2.75, 3.05) is 19.0 Å². The van der Waals surface area contributed by atoms with Gasteiger partial charge < -0.3 is 10.1 Å². The Bertz CT molecular complexity index is 855. The number of methoxy groups -OCH3 is 1. The van der Waals surface area contributed by atoms with Crippen LogP contribution in [-0.2, 0) is 11.3 Å². The number of carbonyl (C=O) groups is 1. The number of nitrogens with one attached hydrogen (secondary N) is 1. The predicted molar refractivity (Wildman–Crippen MR) is 103 cm³/mol. The molecule has 1 N–H and O–H groups in total. The number of para-hydroxylation sites is 1. The number of ether oxygens (including phenoxy) is 1. The molecule has 0 aliphatic heterocycles. The molecule has 7 nitrogen and oxygen atoms in total. The number of hydrogen-bond donors (Lipinski definition) is 1. The highest BCUT2D eigenvalue weighted by Gasteiger charge is 2.31. The van der Waals surface area contributed by atoms with Crippen LogP contribution in [-0.4, -0.2) is 35.4 Å². The molecule has 0 atom stereocenters. The summed E-state index contributed by atoms with van der Waals surface area (Å²) in [5, 5.41) is 14.1. The van der Waals surface area contributed by atoms with Gasteiger partial charge in [0.15, 0.2) is 0 Å². The lowest BCUT2D eigenvalue weighted by Crippen LogP contribution is -2.34. The normalized spacial score (nSPS) is 13.4. The maximum absolute atomic E-state index is 12.5. The summed E-state index contributed by atoms with van der Waals surface area (Å²) in [4.78, 5) is 25.2. The molecule has 0 spiro atoms. The first-order valence-corrected chi connectivity index (χ1v) is 8.95. The molecule has 0 radical (unpaired) electrons. The zero-order chi connectivity index (χ0) is 19.4. The van der Waals surface area contributed by atoms with Gasteiger partial charge in [-0.2, -0.15) is 0 Å². The highest BCUT2D eigenvalue weighted by atomic mass is 35.5. The molecule has 2 aromatic carbocycles. The number of nitro benzene ring substituents is 1. The van der Waals surface area contributed by atoms with Crippen LogP contribution < -0.4 is 10.1 Å². The molecule has 8 heteroatoms. The van der Waals surface area contributed by atoms with Crippen molar-refractivity contribution >= 4 is 28.9 Å². The second-order valence-electron chi connectivity index (χ2n) is 6.41. The first kappa shape index (κ1) is 19.1. The van der Waals surface area contributed by atoms with Crippen molar-refractivity contribution in [3.05, 3.63) is 63.2 Å². The van der Waals surface area contributed by atoms with Gasteiger partial charge in [-0.25, -0.2) is 0 Å². The van der Waals surface area contributed by atoms with E-state index in [2.05, 4.69) is 10.2 Å². The first-order chi connectivity index (χ1) is 13.0. The number of amides is 1. The summed E-state index contributed by atoms with van der Waals surface area (Å²) in [6.45, 7) is 0.716. The third-order valence-corrected chi connectivity index (χ3v) is 4.64. The number of nitro groups is 1. The highest BCUT2D eigenvalue weighted by Crippen LogP contribution is 2.31. The van der Waals surface area contributed by atoms with E-state index < -0.39 is 4.92 Å². The predicted octanol–water partition coefficient (Wildman–Crippen LogP) is 3.86. The second kappa shape index (κ2) is 8.37. The van der Waals surface area contributed by atoms with E-state index in [4.69, 9.17) is 16.3 Å². The minimum atomic E-state index is -0.561. The summed E-state index contributed by atoms with van der Waals surface area (Å²) < 4.78 is 5.39. The molecule has 1 aliphatic rings. The van der Waals surface area contributed by atoms with Crippen molar-refractivity contribution in [2.45, 2.75) is 25.4 Å². The van der Waals surface area contributed by atoms with Gasteiger partial charge in [-0.05, 0) is 31.0 Å². The maximum atomic E-state index is 12.5. The molecule has 1 aliphatic carbocycles. The van der Waals surface area contributed by atoms with Gasteiger partial charge in [-0.15, -0.1) is 0 Å². The Labute approximate surface area is 162 Å². The van der Waals surface area contributed by atoms with Gasteiger partial charge in [-0.3, -0.25) is 19.8 Å². The number of rotatable bonds is 8. The van der Waals surface area contributed by atoms with Gasteiger partial charge in [0.05, 0.1) is 18.6 Å². The SMILES string of the molecule is COc1ccccc1CN(CC(=O)Nc1ccc(Cl)cc1[N+](=O)[O-])C1CC1. The van der Waals surface area contributed by atoms with Gasteiger partial charge in [0.1, 0.15) is 11.4 Å². The number of benzene rings is 2. The van der Waals surface area contributed by atoms with Crippen LogP contribution in [0.5, 0.6) is 5.75 Å². The summed E-state index contributed by atoms with van der Waals surface area (Å²) in [5.74, 6) is 0.471. The number of carbonyl (C=O) groups excluding carboxylic acids is 1.